The van der Waals surface area contributed by atoms with Crippen molar-refractivity contribution < 1.29 is 14.3 Å². The molecule has 2 amide bonds. The number of piperazine rings is 1. The van der Waals surface area contributed by atoms with Crippen LogP contribution in [0.2, 0.25) is 10.0 Å². The Hall–Kier alpha value is -3.51. The number of aromatic nitrogens is 3. The lowest BCUT2D eigenvalue weighted by Crippen LogP contribution is -2.47. The smallest absolute Gasteiger partial charge is 0.314 e. The SMILES string of the molecule is CNC(=O)NCC1CCN(Cc2cc(Oc3cnc(N4CCN(CC=O)CC4)nc3)nc(-c3cc(Cl)cc(Cl)c3)c2)CC1. The Balaban J connectivity index is 1.29. The third-order valence-electron chi connectivity index (χ3n) is 7.74. The van der Waals surface area contributed by atoms with E-state index in [4.69, 9.17) is 32.9 Å². The van der Waals surface area contributed by atoms with Gasteiger partial charge in [0.2, 0.25) is 11.8 Å². The van der Waals surface area contributed by atoms with Gasteiger partial charge < -0.3 is 25.1 Å². The first-order valence-electron chi connectivity index (χ1n) is 14.4. The first kappa shape index (κ1) is 30.9. The van der Waals surface area contributed by atoms with Gasteiger partial charge in [-0.15, -0.1) is 0 Å². The normalized spacial score (nSPS) is 16.6. The van der Waals surface area contributed by atoms with Gasteiger partial charge in [0.1, 0.15) is 6.29 Å². The van der Waals surface area contributed by atoms with E-state index in [1.54, 1.807) is 25.5 Å². The third-order valence-corrected chi connectivity index (χ3v) is 8.17. The number of urea groups is 1. The maximum Gasteiger partial charge on any atom is 0.314 e. The summed E-state index contributed by atoms with van der Waals surface area (Å²) in [6, 6.07) is 9.20. The Morgan fingerprint density at radius 1 is 0.977 bits per heavy atom. The van der Waals surface area contributed by atoms with Gasteiger partial charge in [0.05, 0.1) is 24.6 Å². The van der Waals surface area contributed by atoms with Crippen molar-refractivity contribution >= 4 is 41.5 Å². The largest absolute Gasteiger partial charge is 0.436 e. The lowest BCUT2D eigenvalue weighted by atomic mass is 9.96. The molecule has 13 heteroatoms. The predicted molar refractivity (Wildman–Crippen MR) is 167 cm³/mol. The Morgan fingerprint density at radius 2 is 1.67 bits per heavy atom. The Morgan fingerprint density at radius 3 is 2.33 bits per heavy atom. The number of carbonyl (C=O) groups is 2. The maximum atomic E-state index is 11.5. The summed E-state index contributed by atoms with van der Waals surface area (Å²) in [6.07, 6.45) is 6.26. The average molecular weight is 628 g/mol. The highest BCUT2D eigenvalue weighted by Crippen LogP contribution is 2.31. The average Bonchev–Trinajstić information content (AvgIpc) is 3.01. The number of hydrogen-bond donors (Lipinski definition) is 2. The molecule has 2 saturated heterocycles. The number of carbonyl (C=O) groups excluding carboxylic acids is 2. The topological polar surface area (TPSA) is 116 Å². The number of nitrogens with zero attached hydrogens (tertiary/aromatic N) is 6. The number of benzene rings is 1. The number of aldehydes is 1. The van der Waals surface area contributed by atoms with Crippen molar-refractivity contribution in [2.24, 2.45) is 5.92 Å². The molecule has 11 nitrogen and oxygen atoms in total. The fourth-order valence-electron chi connectivity index (χ4n) is 5.37. The first-order valence-corrected chi connectivity index (χ1v) is 15.2. The number of amides is 2. The number of rotatable bonds is 10. The fraction of sp³-hybridized carbons (Fsp3) is 0.433. The Labute approximate surface area is 261 Å². The molecular formula is C30H36Cl2N8O3. The predicted octanol–water partition coefficient (Wildman–Crippen LogP) is 4.10. The lowest BCUT2D eigenvalue weighted by Gasteiger charge is -2.33. The van der Waals surface area contributed by atoms with Gasteiger partial charge in [-0.1, -0.05) is 23.2 Å². The Bertz CT molecular complexity index is 1370. The van der Waals surface area contributed by atoms with Crippen molar-refractivity contribution in [2.75, 3.05) is 64.3 Å². The van der Waals surface area contributed by atoms with Crippen molar-refractivity contribution in [3.63, 3.8) is 0 Å². The summed E-state index contributed by atoms with van der Waals surface area (Å²) in [4.78, 5) is 42.8. The highest BCUT2D eigenvalue weighted by atomic mass is 35.5. The van der Waals surface area contributed by atoms with E-state index in [0.717, 1.165) is 76.1 Å². The van der Waals surface area contributed by atoms with Crippen LogP contribution >= 0.6 is 23.2 Å². The molecule has 228 valence electrons. The minimum atomic E-state index is -0.144. The zero-order chi connectivity index (χ0) is 30.2. The zero-order valence-corrected chi connectivity index (χ0v) is 25.7. The summed E-state index contributed by atoms with van der Waals surface area (Å²) in [5.74, 6) is 1.99. The summed E-state index contributed by atoms with van der Waals surface area (Å²) in [5, 5.41) is 6.58. The van der Waals surface area contributed by atoms with Gasteiger partial charge in [-0.2, -0.15) is 0 Å². The van der Waals surface area contributed by atoms with Crippen LogP contribution in [0.25, 0.3) is 11.3 Å². The molecule has 0 atom stereocenters. The number of hydrogen-bond acceptors (Lipinski definition) is 9. The van der Waals surface area contributed by atoms with E-state index >= 15 is 0 Å². The monoisotopic (exact) mass is 626 g/mol. The number of piperidine rings is 1. The van der Waals surface area contributed by atoms with Crippen molar-refractivity contribution in [3.05, 3.63) is 58.3 Å². The minimum Gasteiger partial charge on any atom is -0.436 e. The van der Waals surface area contributed by atoms with Crippen LogP contribution in [0.15, 0.2) is 42.7 Å². The van der Waals surface area contributed by atoms with Crippen LogP contribution in [0.1, 0.15) is 18.4 Å². The molecule has 1 aromatic carbocycles. The number of nitrogens with one attached hydrogen (secondary N) is 2. The number of ether oxygens (including phenoxy) is 1. The number of anilines is 1. The molecule has 3 aromatic rings. The molecule has 2 fully saturated rings. The van der Waals surface area contributed by atoms with E-state index in [-0.39, 0.29) is 6.03 Å². The molecule has 0 aliphatic carbocycles. The lowest BCUT2D eigenvalue weighted by molar-refractivity contribution is -0.108. The van der Waals surface area contributed by atoms with Crippen LogP contribution in [0.4, 0.5) is 10.7 Å². The van der Waals surface area contributed by atoms with E-state index in [9.17, 15) is 9.59 Å². The quantitative estimate of drug-likeness (QED) is 0.321. The molecule has 2 aliphatic rings. The molecule has 0 bridgehead atoms. The van der Waals surface area contributed by atoms with E-state index in [2.05, 4.69) is 35.3 Å². The molecule has 0 unspecified atom stereocenters. The molecule has 2 N–H and O–H groups in total. The van der Waals surface area contributed by atoms with E-state index < -0.39 is 0 Å². The molecule has 2 aliphatic heterocycles. The van der Waals surface area contributed by atoms with E-state index in [0.29, 0.717) is 52.3 Å². The van der Waals surface area contributed by atoms with Crippen molar-refractivity contribution in [3.8, 4) is 22.9 Å². The van der Waals surface area contributed by atoms with Gasteiger partial charge in [-0.05, 0) is 61.7 Å². The van der Waals surface area contributed by atoms with Crippen LogP contribution in [0.5, 0.6) is 11.6 Å². The summed E-state index contributed by atoms with van der Waals surface area (Å²) in [5.41, 5.74) is 2.54. The first-order chi connectivity index (χ1) is 20.9. The van der Waals surface area contributed by atoms with Crippen LogP contribution in [0, 0.1) is 5.92 Å². The van der Waals surface area contributed by atoms with Crippen molar-refractivity contribution in [2.45, 2.75) is 19.4 Å². The zero-order valence-electron chi connectivity index (χ0n) is 24.1. The molecule has 0 saturated carbocycles. The highest BCUT2D eigenvalue weighted by molar-refractivity contribution is 6.35. The number of halogens is 2. The molecule has 0 radical (unpaired) electrons. The molecular weight excluding hydrogens is 591 g/mol. The van der Waals surface area contributed by atoms with Gasteiger partial charge in [0, 0.05) is 68.0 Å². The second kappa shape index (κ2) is 14.8. The fourth-order valence-corrected chi connectivity index (χ4v) is 5.89. The van der Waals surface area contributed by atoms with Crippen LogP contribution in [-0.2, 0) is 11.3 Å². The Kier molecular flexibility index (Phi) is 10.6. The third kappa shape index (κ3) is 8.76. The van der Waals surface area contributed by atoms with Gasteiger partial charge in [0.25, 0.3) is 0 Å². The van der Waals surface area contributed by atoms with Crippen LogP contribution in [-0.4, -0.2) is 96.5 Å². The minimum absolute atomic E-state index is 0.144. The van der Waals surface area contributed by atoms with Crippen LogP contribution in [0.3, 0.4) is 0 Å². The highest BCUT2D eigenvalue weighted by Gasteiger charge is 2.21. The maximum absolute atomic E-state index is 11.5. The molecule has 4 heterocycles. The van der Waals surface area contributed by atoms with E-state index in [1.165, 1.54) is 0 Å². The molecule has 43 heavy (non-hydrogen) atoms. The summed E-state index contributed by atoms with van der Waals surface area (Å²) in [6.45, 7) is 6.79. The number of likely N-dealkylation sites (tertiary alicyclic amines) is 1. The van der Waals surface area contributed by atoms with E-state index in [1.807, 2.05) is 24.3 Å². The second-order valence-electron chi connectivity index (χ2n) is 10.8. The molecule has 2 aromatic heterocycles. The van der Waals surface area contributed by atoms with Crippen molar-refractivity contribution in [1.29, 1.82) is 0 Å². The molecule has 0 spiro atoms. The summed E-state index contributed by atoms with van der Waals surface area (Å²) >= 11 is 12.6. The van der Waals surface area contributed by atoms with Gasteiger partial charge >= 0.3 is 6.03 Å². The van der Waals surface area contributed by atoms with Gasteiger partial charge in [-0.25, -0.2) is 19.7 Å². The summed E-state index contributed by atoms with van der Waals surface area (Å²) in [7, 11) is 1.62. The molecule has 5 rings (SSSR count). The van der Waals surface area contributed by atoms with Crippen molar-refractivity contribution in [1.82, 2.24) is 35.4 Å². The van der Waals surface area contributed by atoms with Crippen LogP contribution < -0.4 is 20.3 Å². The van der Waals surface area contributed by atoms with Gasteiger partial charge in [-0.3, -0.25) is 9.80 Å². The van der Waals surface area contributed by atoms with Gasteiger partial charge in [0.15, 0.2) is 5.75 Å². The standard InChI is InChI=1S/C30H36Cl2N8O3/c1-33-30(42)36-17-21-2-4-39(5-3-21)20-22-12-27(23-14-24(31)16-25(32)15-23)37-28(13-22)43-26-18-34-29(35-19-26)40-8-6-38(7-9-40)10-11-41/h11-16,18-19,21H,2-10,17,20H2,1H3,(H2,33,36,42). The second-order valence-corrected chi connectivity index (χ2v) is 11.7. The number of pyridine rings is 1. The summed E-state index contributed by atoms with van der Waals surface area (Å²) < 4.78 is 6.17.